The molecule has 3 N–H and O–H groups in total. The molecule has 0 atom stereocenters. The first-order chi connectivity index (χ1) is 9.93. The minimum absolute atomic E-state index is 0.0193. The fourth-order valence-electron chi connectivity index (χ4n) is 1.83. The van der Waals surface area contributed by atoms with Crippen LogP contribution in [0.4, 0.5) is 0 Å². The maximum absolute atomic E-state index is 12.3. The highest BCUT2D eigenvalue weighted by Gasteiger charge is 2.18. The monoisotopic (exact) mass is 288 g/mol. The van der Waals surface area contributed by atoms with Crippen molar-refractivity contribution < 1.29 is 29.6 Å². The topological polar surface area (TPSA) is 104 Å². The highest BCUT2D eigenvalue weighted by molar-refractivity contribution is 6.12. The van der Waals surface area contributed by atoms with Crippen molar-refractivity contribution >= 4 is 11.8 Å². The van der Waals surface area contributed by atoms with Crippen LogP contribution in [0.1, 0.15) is 26.3 Å². The van der Waals surface area contributed by atoms with Crippen LogP contribution in [0.2, 0.25) is 0 Å². The minimum atomic E-state index is -1.21. The van der Waals surface area contributed by atoms with E-state index in [2.05, 4.69) is 0 Å². The normalized spacial score (nSPS) is 10.1. The summed E-state index contributed by atoms with van der Waals surface area (Å²) in [6.07, 6.45) is 0. The molecule has 2 aromatic rings. The summed E-state index contributed by atoms with van der Waals surface area (Å²) in [5, 5.41) is 28.4. The van der Waals surface area contributed by atoms with Crippen molar-refractivity contribution in [1.82, 2.24) is 0 Å². The molecule has 0 aliphatic carbocycles. The van der Waals surface area contributed by atoms with Gasteiger partial charge in [0, 0.05) is 6.07 Å². The van der Waals surface area contributed by atoms with Crippen molar-refractivity contribution in [1.29, 1.82) is 0 Å². The molecule has 0 amide bonds. The summed E-state index contributed by atoms with van der Waals surface area (Å²) in [4.78, 5) is 23.0. The summed E-state index contributed by atoms with van der Waals surface area (Å²) in [7, 11) is 1.42. The highest BCUT2D eigenvalue weighted by atomic mass is 16.5. The van der Waals surface area contributed by atoms with Gasteiger partial charge in [0.15, 0.2) is 5.78 Å². The standard InChI is InChI=1S/C15H12O6/c1-21-9-3-5-11(13(17)7-9)14(18)10-4-2-8(15(19)20)6-12(10)16/h2-7,16-17H,1H3,(H,19,20). The Balaban J connectivity index is 2.43. The molecule has 21 heavy (non-hydrogen) atoms. The Morgan fingerprint density at radius 2 is 1.52 bits per heavy atom. The van der Waals surface area contributed by atoms with Crippen LogP contribution in [0, 0.1) is 0 Å². The molecule has 0 fully saturated rings. The maximum Gasteiger partial charge on any atom is 0.335 e. The summed E-state index contributed by atoms with van der Waals surface area (Å²) in [6.45, 7) is 0. The van der Waals surface area contributed by atoms with Crippen LogP contribution in [-0.2, 0) is 0 Å². The molecule has 6 heteroatoms. The molecule has 0 aliphatic rings. The Morgan fingerprint density at radius 1 is 0.952 bits per heavy atom. The van der Waals surface area contributed by atoms with Gasteiger partial charge in [-0.2, -0.15) is 0 Å². The van der Waals surface area contributed by atoms with Gasteiger partial charge < -0.3 is 20.1 Å². The van der Waals surface area contributed by atoms with Gasteiger partial charge in [-0.25, -0.2) is 4.79 Å². The lowest BCUT2D eigenvalue weighted by molar-refractivity contribution is 0.0696. The van der Waals surface area contributed by atoms with Gasteiger partial charge in [-0.3, -0.25) is 4.79 Å². The number of phenols is 2. The molecule has 0 aliphatic heterocycles. The van der Waals surface area contributed by atoms with Gasteiger partial charge in [0.25, 0.3) is 0 Å². The largest absolute Gasteiger partial charge is 0.507 e. The van der Waals surface area contributed by atoms with E-state index in [1.165, 1.54) is 37.4 Å². The number of carbonyl (C=O) groups excluding carboxylic acids is 1. The zero-order valence-corrected chi connectivity index (χ0v) is 11.0. The van der Waals surface area contributed by atoms with Crippen LogP contribution in [0.3, 0.4) is 0 Å². The molecular formula is C15H12O6. The summed E-state index contributed by atoms with van der Waals surface area (Å²) in [6, 6.07) is 7.52. The number of aromatic hydroxyl groups is 2. The molecular weight excluding hydrogens is 276 g/mol. The van der Waals surface area contributed by atoms with Gasteiger partial charge in [0.2, 0.25) is 0 Å². The van der Waals surface area contributed by atoms with Crippen LogP contribution >= 0.6 is 0 Å². The molecule has 0 radical (unpaired) electrons. The second kappa shape index (κ2) is 5.54. The minimum Gasteiger partial charge on any atom is -0.507 e. The third-order valence-electron chi connectivity index (χ3n) is 2.94. The molecule has 2 aromatic carbocycles. The Hall–Kier alpha value is -3.02. The fourth-order valence-corrected chi connectivity index (χ4v) is 1.83. The Bertz CT molecular complexity index is 720. The van der Waals surface area contributed by atoms with Crippen molar-refractivity contribution in [3.05, 3.63) is 53.1 Å². The SMILES string of the molecule is COc1ccc(C(=O)c2ccc(C(=O)O)cc2O)c(O)c1. The van der Waals surface area contributed by atoms with E-state index >= 15 is 0 Å². The second-order valence-electron chi connectivity index (χ2n) is 4.25. The number of ketones is 1. The quantitative estimate of drug-likeness (QED) is 0.744. The third-order valence-corrected chi connectivity index (χ3v) is 2.94. The van der Waals surface area contributed by atoms with Crippen LogP contribution in [0.15, 0.2) is 36.4 Å². The van der Waals surface area contributed by atoms with Crippen molar-refractivity contribution in [2.45, 2.75) is 0 Å². The number of rotatable bonds is 4. The first-order valence-electron chi connectivity index (χ1n) is 5.92. The van der Waals surface area contributed by atoms with Gasteiger partial charge in [-0.05, 0) is 30.3 Å². The van der Waals surface area contributed by atoms with E-state index < -0.39 is 17.5 Å². The molecule has 0 bridgehead atoms. The first kappa shape index (κ1) is 14.4. The Morgan fingerprint density at radius 3 is 2.00 bits per heavy atom. The van der Waals surface area contributed by atoms with Crippen LogP contribution in [0.5, 0.6) is 17.2 Å². The number of phenolic OH excluding ortho intramolecular Hbond substituents is 2. The molecule has 0 heterocycles. The number of carboxylic acid groups (broad SMARTS) is 1. The second-order valence-corrected chi connectivity index (χ2v) is 4.25. The highest BCUT2D eigenvalue weighted by Crippen LogP contribution is 2.28. The van der Waals surface area contributed by atoms with Gasteiger partial charge in [0.05, 0.1) is 23.8 Å². The lowest BCUT2D eigenvalue weighted by Gasteiger charge is -2.08. The summed E-state index contributed by atoms with van der Waals surface area (Å²) < 4.78 is 4.92. The average Bonchev–Trinajstić information content (AvgIpc) is 2.46. The zero-order valence-electron chi connectivity index (χ0n) is 11.0. The lowest BCUT2D eigenvalue weighted by atomic mass is 10.00. The number of hydrogen-bond acceptors (Lipinski definition) is 5. The van der Waals surface area contributed by atoms with E-state index in [-0.39, 0.29) is 22.4 Å². The number of hydrogen-bond donors (Lipinski definition) is 3. The van der Waals surface area contributed by atoms with Crippen molar-refractivity contribution in [3.63, 3.8) is 0 Å². The average molecular weight is 288 g/mol. The smallest absolute Gasteiger partial charge is 0.335 e. The number of ether oxygens (including phenoxy) is 1. The summed E-state index contributed by atoms with van der Waals surface area (Å²) >= 11 is 0. The van der Waals surface area contributed by atoms with Gasteiger partial charge >= 0.3 is 5.97 Å². The molecule has 6 nitrogen and oxygen atoms in total. The first-order valence-corrected chi connectivity index (χ1v) is 5.92. The van der Waals surface area contributed by atoms with Crippen molar-refractivity contribution in [2.75, 3.05) is 7.11 Å². The Kier molecular flexibility index (Phi) is 3.80. The van der Waals surface area contributed by atoms with Gasteiger partial charge in [0.1, 0.15) is 17.2 Å². The zero-order chi connectivity index (χ0) is 15.6. The molecule has 0 saturated carbocycles. The van der Waals surface area contributed by atoms with Crippen LogP contribution in [-0.4, -0.2) is 34.2 Å². The van der Waals surface area contributed by atoms with Crippen LogP contribution < -0.4 is 4.74 Å². The van der Waals surface area contributed by atoms with Gasteiger partial charge in [-0.1, -0.05) is 0 Å². The van der Waals surface area contributed by atoms with E-state index in [9.17, 15) is 19.8 Å². The molecule has 0 unspecified atom stereocenters. The third kappa shape index (κ3) is 2.79. The van der Waals surface area contributed by atoms with E-state index in [0.29, 0.717) is 5.75 Å². The van der Waals surface area contributed by atoms with Crippen LogP contribution in [0.25, 0.3) is 0 Å². The maximum atomic E-state index is 12.3. The molecule has 0 saturated heterocycles. The number of carboxylic acids is 1. The number of carbonyl (C=O) groups is 2. The van der Waals surface area contributed by atoms with Crippen molar-refractivity contribution in [2.24, 2.45) is 0 Å². The summed E-state index contributed by atoms with van der Waals surface area (Å²) in [5.74, 6) is -2.20. The van der Waals surface area contributed by atoms with E-state index in [1.54, 1.807) is 0 Å². The van der Waals surface area contributed by atoms with E-state index in [4.69, 9.17) is 9.84 Å². The predicted molar refractivity (Wildman–Crippen MR) is 73.2 cm³/mol. The van der Waals surface area contributed by atoms with E-state index in [0.717, 1.165) is 6.07 Å². The summed E-state index contributed by atoms with van der Waals surface area (Å²) in [5.41, 5.74) is -0.252. The number of methoxy groups -OCH3 is 1. The predicted octanol–water partition coefficient (Wildman–Crippen LogP) is 2.04. The van der Waals surface area contributed by atoms with Crippen molar-refractivity contribution in [3.8, 4) is 17.2 Å². The molecule has 2 rings (SSSR count). The number of aromatic carboxylic acids is 1. The molecule has 108 valence electrons. The lowest BCUT2D eigenvalue weighted by Crippen LogP contribution is -2.04. The van der Waals surface area contributed by atoms with E-state index in [1.807, 2.05) is 0 Å². The molecule has 0 aromatic heterocycles. The van der Waals surface area contributed by atoms with Gasteiger partial charge in [-0.15, -0.1) is 0 Å². The number of benzene rings is 2. The molecule has 0 spiro atoms. The fraction of sp³-hybridized carbons (Fsp3) is 0.0667. The Labute approximate surface area is 119 Å².